The summed E-state index contributed by atoms with van der Waals surface area (Å²) in [5.41, 5.74) is 3.67. The van der Waals surface area contributed by atoms with Crippen molar-refractivity contribution in [3.05, 3.63) is 76.8 Å². The molecule has 1 aromatic carbocycles. The van der Waals surface area contributed by atoms with Gasteiger partial charge in [0.1, 0.15) is 11.6 Å². The van der Waals surface area contributed by atoms with Gasteiger partial charge in [0, 0.05) is 24.0 Å². The van der Waals surface area contributed by atoms with Crippen molar-refractivity contribution >= 4 is 17.4 Å². The normalized spacial score (nSPS) is 18.3. The third-order valence-electron chi connectivity index (χ3n) is 6.14. The van der Waals surface area contributed by atoms with Crippen LogP contribution < -0.4 is 5.32 Å². The van der Waals surface area contributed by atoms with Crippen molar-refractivity contribution in [2.75, 3.05) is 5.32 Å². The van der Waals surface area contributed by atoms with Gasteiger partial charge in [-0.15, -0.1) is 0 Å². The molecule has 1 aliphatic rings. The summed E-state index contributed by atoms with van der Waals surface area (Å²) < 4.78 is 13.4. The number of benzene rings is 1. The first-order valence-electron chi connectivity index (χ1n) is 11.2. The van der Waals surface area contributed by atoms with Crippen LogP contribution in [-0.2, 0) is 13.0 Å². The van der Waals surface area contributed by atoms with Crippen molar-refractivity contribution in [2.45, 2.75) is 52.0 Å². The van der Waals surface area contributed by atoms with Crippen LogP contribution in [0, 0.1) is 17.7 Å². The van der Waals surface area contributed by atoms with Gasteiger partial charge in [0.2, 0.25) is 0 Å². The second kappa shape index (κ2) is 10.2. The van der Waals surface area contributed by atoms with E-state index < -0.39 is 0 Å². The molecular formula is C26H29ClFN3. The summed E-state index contributed by atoms with van der Waals surface area (Å²) >= 11 is 6.49. The van der Waals surface area contributed by atoms with Crippen LogP contribution in [0.3, 0.4) is 0 Å². The highest BCUT2D eigenvalue weighted by molar-refractivity contribution is 6.33. The molecule has 0 bridgehead atoms. The molecule has 0 unspecified atom stereocenters. The molecule has 4 rings (SSSR count). The predicted octanol–water partition coefficient (Wildman–Crippen LogP) is 7.31. The number of rotatable bonds is 8. The number of halogens is 2. The molecule has 2 aromatic heterocycles. The highest BCUT2D eigenvalue weighted by Gasteiger charge is 2.24. The number of hydrogen-bond donors (Lipinski definition) is 1. The lowest BCUT2D eigenvalue weighted by atomic mass is 9.96. The maximum Gasteiger partial charge on any atom is 0.126 e. The summed E-state index contributed by atoms with van der Waals surface area (Å²) in [6, 6.07) is 14.5. The molecule has 5 heteroatoms. The van der Waals surface area contributed by atoms with Gasteiger partial charge in [-0.25, -0.2) is 9.37 Å². The number of pyridine rings is 2. The maximum absolute atomic E-state index is 13.4. The average Bonchev–Trinajstić information content (AvgIpc) is 3.21. The van der Waals surface area contributed by atoms with Gasteiger partial charge in [-0.2, -0.15) is 0 Å². The summed E-state index contributed by atoms with van der Waals surface area (Å²) in [7, 11) is 0. The van der Waals surface area contributed by atoms with Crippen molar-refractivity contribution in [1.29, 1.82) is 0 Å². The van der Waals surface area contributed by atoms with Crippen LogP contribution in [0.1, 0.15) is 50.3 Å². The zero-order chi connectivity index (χ0) is 21.6. The summed E-state index contributed by atoms with van der Waals surface area (Å²) in [5.74, 6) is 2.09. The average molecular weight is 438 g/mol. The van der Waals surface area contributed by atoms with Crippen molar-refractivity contribution in [3.63, 3.8) is 0 Å². The molecule has 0 amide bonds. The van der Waals surface area contributed by atoms with Crippen LogP contribution >= 0.6 is 11.6 Å². The minimum absolute atomic E-state index is 0.236. The quantitative estimate of drug-likeness (QED) is 0.401. The Morgan fingerprint density at radius 2 is 1.94 bits per heavy atom. The number of nitrogens with zero attached hydrogens (tertiary/aromatic N) is 2. The van der Waals surface area contributed by atoms with Crippen LogP contribution in [-0.4, -0.2) is 9.97 Å². The molecule has 3 aromatic rings. The molecule has 1 saturated carbocycles. The van der Waals surface area contributed by atoms with E-state index >= 15 is 0 Å². The fourth-order valence-corrected chi connectivity index (χ4v) is 4.84. The van der Waals surface area contributed by atoms with Gasteiger partial charge < -0.3 is 5.32 Å². The summed E-state index contributed by atoms with van der Waals surface area (Å²) in [4.78, 5) is 9.33. The SMILES string of the molecule is CCC[C@@H]1CC[C@H](Cc2cc(-c3cccc(NCc4cccc(F)c4)n3)c(Cl)cn2)C1. The van der Waals surface area contributed by atoms with Crippen molar-refractivity contribution in [2.24, 2.45) is 11.8 Å². The fourth-order valence-electron chi connectivity index (χ4n) is 4.64. The molecule has 0 saturated heterocycles. The molecule has 3 nitrogen and oxygen atoms in total. The predicted molar refractivity (Wildman–Crippen MR) is 126 cm³/mol. The number of anilines is 1. The summed E-state index contributed by atoms with van der Waals surface area (Å²) in [5, 5.41) is 3.88. The lowest BCUT2D eigenvalue weighted by Crippen LogP contribution is -2.04. The molecule has 2 heterocycles. The van der Waals surface area contributed by atoms with Crippen molar-refractivity contribution in [3.8, 4) is 11.3 Å². The summed E-state index contributed by atoms with van der Waals surface area (Å²) in [6.07, 6.45) is 9.32. The molecule has 1 N–H and O–H groups in total. The van der Waals surface area contributed by atoms with E-state index in [0.29, 0.717) is 17.5 Å². The minimum atomic E-state index is -0.236. The smallest absolute Gasteiger partial charge is 0.126 e. The van der Waals surface area contributed by atoms with Crippen LogP contribution in [0.5, 0.6) is 0 Å². The van der Waals surface area contributed by atoms with E-state index in [9.17, 15) is 4.39 Å². The molecule has 2 atom stereocenters. The molecule has 0 spiro atoms. The van der Waals surface area contributed by atoms with Gasteiger partial charge in [-0.05, 0) is 67.0 Å². The van der Waals surface area contributed by atoms with Crippen LogP contribution in [0.2, 0.25) is 5.02 Å². The lowest BCUT2D eigenvalue weighted by Gasteiger charge is -2.13. The fraction of sp³-hybridized carbons (Fsp3) is 0.385. The number of nitrogens with one attached hydrogen (secondary N) is 1. The Morgan fingerprint density at radius 1 is 1.10 bits per heavy atom. The first-order chi connectivity index (χ1) is 15.1. The molecule has 0 radical (unpaired) electrons. The van der Waals surface area contributed by atoms with Gasteiger partial charge in [-0.3, -0.25) is 4.98 Å². The zero-order valence-corrected chi connectivity index (χ0v) is 18.7. The molecular weight excluding hydrogens is 409 g/mol. The Balaban J connectivity index is 1.46. The Labute approximate surface area is 189 Å². The monoisotopic (exact) mass is 437 g/mol. The third-order valence-corrected chi connectivity index (χ3v) is 6.45. The van der Waals surface area contributed by atoms with Gasteiger partial charge in [0.15, 0.2) is 0 Å². The van der Waals surface area contributed by atoms with Gasteiger partial charge in [0.25, 0.3) is 0 Å². The second-order valence-electron chi connectivity index (χ2n) is 8.58. The van der Waals surface area contributed by atoms with Gasteiger partial charge >= 0.3 is 0 Å². The van der Waals surface area contributed by atoms with E-state index in [0.717, 1.165) is 40.7 Å². The molecule has 162 valence electrons. The van der Waals surface area contributed by atoms with Crippen molar-refractivity contribution < 1.29 is 4.39 Å². The lowest BCUT2D eigenvalue weighted by molar-refractivity contribution is 0.457. The van der Waals surface area contributed by atoms with Gasteiger partial charge in [0.05, 0.1) is 10.7 Å². The maximum atomic E-state index is 13.4. The number of hydrogen-bond acceptors (Lipinski definition) is 3. The molecule has 31 heavy (non-hydrogen) atoms. The highest BCUT2D eigenvalue weighted by atomic mass is 35.5. The molecule has 1 fully saturated rings. The zero-order valence-electron chi connectivity index (χ0n) is 18.0. The Hall–Kier alpha value is -2.46. The minimum Gasteiger partial charge on any atom is -0.366 e. The third kappa shape index (κ3) is 5.82. The second-order valence-corrected chi connectivity index (χ2v) is 8.99. The van der Waals surface area contributed by atoms with Crippen molar-refractivity contribution in [1.82, 2.24) is 9.97 Å². The Bertz CT molecular complexity index is 1020. The van der Waals surface area contributed by atoms with E-state index in [4.69, 9.17) is 16.6 Å². The Morgan fingerprint density at radius 3 is 2.77 bits per heavy atom. The molecule has 0 aliphatic heterocycles. The summed E-state index contributed by atoms with van der Waals surface area (Å²) in [6.45, 7) is 2.78. The van der Waals surface area contributed by atoms with Crippen LogP contribution in [0.4, 0.5) is 10.2 Å². The number of aromatic nitrogens is 2. The van der Waals surface area contributed by atoms with E-state index in [1.54, 1.807) is 12.3 Å². The van der Waals surface area contributed by atoms with Crippen LogP contribution in [0.25, 0.3) is 11.3 Å². The van der Waals surface area contributed by atoms with E-state index in [2.05, 4.69) is 23.3 Å². The standard InChI is InChI=1S/C26H29ClFN3/c1-2-5-18-10-11-19(12-18)14-22-15-23(24(27)17-29-22)25-8-4-9-26(31-25)30-16-20-6-3-7-21(28)13-20/h3-4,6-9,13,15,17-19H,2,5,10-12,14,16H2,1H3,(H,30,31)/t18-,19+/m1/s1. The Kier molecular flexibility index (Phi) is 7.18. The highest BCUT2D eigenvalue weighted by Crippen LogP contribution is 2.36. The first kappa shape index (κ1) is 21.8. The van der Waals surface area contributed by atoms with E-state index in [1.165, 1.54) is 44.2 Å². The largest absolute Gasteiger partial charge is 0.366 e. The van der Waals surface area contributed by atoms with Crippen LogP contribution in [0.15, 0.2) is 54.7 Å². The van der Waals surface area contributed by atoms with Gasteiger partial charge in [-0.1, -0.05) is 56.0 Å². The first-order valence-corrected chi connectivity index (χ1v) is 11.6. The molecule has 1 aliphatic carbocycles. The van der Waals surface area contributed by atoms with E-state index in [1.807, 2.05) is 24.3 Å². The topological polar surface area (TPSA) is 37.8 Å². The van der Waals surface area contributed by atoms with E-state index in [-0.39, 0.29) is 5.82 Å².